The van der Waals surface area contributed by atoms with Crippen LogP contribution in [0.5, 0.6) is 5.75 Å². The minimum atomic E-state index is -0.711. The third kappa shape index (κ3) is 4.90. The van der Waals surface area contributed by atoms with E-state index in [9.17, 15) is 9.59 Å². The fraction of sp³-hybridized carbons (Fsp3) is 0.278. The summed E-state index contributed by atoms with van der Waals surface area (Å²) in [4.78, 5) is 30.1. The van der Waals surface area contributed by atoms with Gasteiger partial charge in [-0.05, 0) is 26.0 Å². The standard InChI is InChI=1S/C18H20N2O4S/c1-4-11-20(18-19-15(12-25-18)17(22)23-5-2)16(21)13(3)24-14-9-7-6-8-10-14/h4,6-10,12-13H,1,5,11H2,2-3H3/t13-/m0/s1. The highest BCUT2D eigenvalue weighted by Crippen LogP contribution is 2.23. The van der Waals surface area contributed by atoms with E-state index in [1.165, 1.54) is 16.2 Å². The summed E-state index contributed by atoms with van der Waals surface area (Å²) in [6.07, 6.45) is 0.885. The molecule has 1 heterocycles. The van der Waals surface area contributed by atoms with Gasteiger partial charge in [-0.3, -0.25) is 9.69 Å². The third-order valence-electron chi connectivity index (χ3n) is 3.19. The lowest BCUT2D eigenvalue weighted by Crippen LogP contribution is -2.40. The summed E-state index contributed by atoms with van der Waals surface area (Å²) >= 11 is 1.19. The number of aromatic nitrogens is 1. The first-order valence-corrected chi connectivity index (χ1v) is 8.71. The highest BCUT2D eigenvalue weighted by molar-refractivity contribution is 7.14. The van der Waals surface area contributed by atoms with E-state index in [1.807, 2.05) is 18.2 Å². The van der Waals surface area contributed by atoms with Gasteiger partial charge in [0, 0.05) is 11.9 Å². The minimum Gasteiger partial charge on any atom is -0.481 e. The number of anilines is 1. The molecular weight excluding hydrogens is 340 g/mol. The van der Waals surface area contributed by atoms with Crippen molar-refractivity contribution in [2.24, 2.45) is 0 Å². The van der Waals surface area contributed by atoms with Crippen LogP contribution in [0.2, 0.25) is 0 Å². The average Bonchev–Trinajstić information content (AvgIpc) is 3.10. The smallest absolute Gasteiger partial charge is 0.357 e. The fourth-order valence-corrected chi connectivity index (χ4v) is 2.86. The average molecular weight is 360 g/mol. The van der Waals surface area contributed by atoms with Gasteiger partial charge >= 0.3 is 5.97 Å². The van der Waals surface area contributed by atoms with Gasteiger partial charge in [-0.15, -0.1) is 17.9 Å². The van der Waals surface area contributed by atoms with Crippen LogP contribution in [0.1, 0.15) is 24.3 Å². The Kier molecular flexibility index (Phi) is 6.71. The Labute approximate surface area is 150 Å². The molecule has 0 radical (unpaired) electrons. The third-order valence-corrected chi connectivity index (χ3v) is 4.05. The van der Waals surface area contributed by atoms with E-state index in [2.05, 4.69) is 11.6 Å². The van der Waals surface area contributed by atoms with Gasteiger partial charge in [-0.2, -0.15) is 0 Å². The summed E-state index contributed by atoms with van der Waals surface area (Å²) in [5.74, 6) is -0.175. The molecule has 2 rings (SSSR count). The lowest BCUT2D eigenvalue weighted by molar-refractivity contribution is -0.124. The minimum absolute atomic E-state index is 0.181. The maximum Gasteiger partial charge on any atom is 0.357 e. The molecule has 0 aliphatic carbocycles. The first kappa shape index (κ1) is 18.7. The predicted molar refractivity (Wildman–Crippen MR) is 97.2 cm³/mol. The zero-order chi connectivity index (χ0) is 18.2. The highest BCUT2D eigenvalue weighted by Gasteiger charge is 2.26. The Balaban J connectivity index is 2.15. The molecule has 1 aromatic carbocycles. The quantitative estimate of drug-likeness (QED) is 0.534. The second-order valence-corrected chi connectivity index (χ2v) is 5.88. The number of carbonyl (C=O) groups is 2. The molecule has 7 heteroatoms. The van der Waals surface area contributed by atoms with Gasteiger partial charge in [-0.25, -0.2) is 9.78 Å². The number of ether oxygens (including phenoxy) is 2. The zero-order valence-electron chi connectivity index (χ0n) is 14.2. The number of rotatable bonds is 8. The maximum absolute atomic E-state index is 12.7. The monoisotopic (exact) mass is 360 g/mol. The van der Waals surface area contributed by atoms with E-state index in [4.69, 9.17) is 9.47 Å². The van der Waals surface area contributed by atoms with E-state index in [0.717, 1.165) is 0 Å². The van der Waals surface area contributed by atoms with Gasteiger partial charge in [0.05, 0.1) is 6.61 Å². The van der Waals surface area contributed by atoms with Gasteiger partial charge in [0.25, 0.3) is 5.91 Å². The molecule has 6 nitrogen and oxygen atoms in total. The van der Waals surface area contributed by atoms with Crippen molar-refractivity contribution in [1.82, 2.24) is 4.98 Å². The Morgan fingerprint density at radius 3 is 2.72 bits per heavy atom. The number of nitrogens with zero attached hydrogens (tertiary/aromatic N) is 2. The number of hydrogen-bond donors (Lipinski definition) is 0. The van der Waals surface area contributed by atoms with E-state index in [1.54, 1.807) is 37.4 Å². The second-order valence-electron chi connectivity index (χ2n) is 5.05. The van der Waals surface area contributed by atoms with E-state index in [-0.39, 0.29) is 24.8 Å². The number of thiazole rings is 1. The second kappa shape index (κ2) is 8.98. The molecule has 0 fully saturated rings. The van der Waals surface area contributed by atoms with Crippen LogP contribution in [0, 0.1) is 0 Å². The molecule has 0 N–H and O–H groups in total. The first-order chi connectivity index (χ1) is 12.1. The SMILES string of the molecule is C=CCN(C(=O)[C@H](C)Oc1ccccc1)c1nc(C(=O)OCC)cs1. The molecule has 1 aromatic heterocycles. The molecule has 25 heavy (non-hydrogen) atoms. The van der Waals surface area contributed by atoms with Crippen LogP contribution in [-0.4, -0.2) is 36.1 Å². The summed E-state index contributed by atoms with van der Waals surface area (Å²) in [6, 6.07) is 9.10. The van der Waals surface area contributed by atoms with Gasteiger partial charge in [0.1, 0.15) is 5.75 Å². The largest absolute Gasteiger partial charge is 0.481 e. The molecule has 0 saturated carbocycles. The first-order valence-electron chi connectivity index (χ1n) is 7.83. The molecule has 0 aliphatic rings. The summed E-state index contributed by atoms with van der Waals surface area (Å²) < 4.78 is 10.6. The number of para-hydroxylation sites is 1. The van der Waals surface area contributed by atoms with Crippen molar-refractivity contribution in [3.8, 4) is 5.75 Å². The number of carbonyl (C=O) groups excluding carboxylic acids is 2. The molecule has 0 spiro atoms. The van der Waals surface area contributed by atoms with Gasteiger partial charge < -0.3 is 9.47 Å². The maximum atomic E-state index is 12.7. The Morgan fingerprint density at radius 2 is 2.08 bits per heavy atom. The summed E-state index contributed by atoms with van der Waals surface area (Å²) in [5, 5.41) is 1.97. The summed E-state index contributed by atoms with van der Waals surface area (Å²) in [5.41, 5.74) is 0.181. The van der Waals surface area contributed by atoms with Crippen molar-refractivity contribution in [3.05, 3.63) is 54.1 Å². The Hall–Kier alpha value is -2.67. The normalized spacial score (nSPS) is 11.4. The number of hydrogen-bond acceptors (Lipinski definition) is 6. The lowest BCUT2D eigenvalue weighted by Gasteiger charge is -2.22. The molecule has 1 atom stereocenters. The van der Waals surface area contributed by atoms with Crippen LogP contribution in [0.3, 0.4) is 0 Å². The van der Waals surface area contributed by atoms with Crippen molar-refractivity contribution in [3.63, 3.8) is 0 Å². The Bertz CT molecular complexity index is 730. The number of esters is 1. The van der Waals surface area contributed by atoms with Crippen LogP contribution in [-0.2, 0) is 9.53 Å². The van der Waals surface area contributed by atoms with Gasteiger partial charge in [0.15, 0.2) is 16.9 Å². The van der Waals surface area contributed by atoms with E-state index >= 15 is 0 Å². The van der Waals surface area contributed by atoms with Gasteiger partial charge in [-0.1, -0.05) is 24.3 Å². The zero-order valence-corrected chi connectivity index (χ0v) is 15.0. The molecule has 0 bridgehead atoms. The van der Waals surface area contributed by atoms with Crippen LogP contribution >= 0.6 is 11.3 Å². The Morgan fingerprint density at radius 1 is 1.36 bits per heavy atom. The van der Waals surface area contributed by atoms with Crippen LogP contribution < -0.4 is 9.64 Å². The predicted octanol–water partition coefficient (Wildman–Crippen LogP) is 3.31. The topological polar surface area (TPSA) is 68.7 Å². The summed E-state index contributed by atoms with van der Waals surface area (Å²) in [6.45, 7) is 7.60. The van der Waals surface area contributed by atoms with E-state index in [0.29, 0.717) is 10.9 Å². The molecule has 0 aliphatic heterocycles. The van der Waals surface area contributed by atoms with Crippen LogP contribution in [0.15, 0.2) is 48.4 Å². The molecule has 2 aromatic rings. The van der Waals surface area contributed by atoms with Crippen molar-refractivity contribution in [2.75, 3.05) is 18.1 Å². The molecule has 1 amide bonds. The van der Waals surface area contributed by atoms with Crippen LogP contribution in [0.25, 0.3) is 0 Å². The van der Waals surface area contributed by atoms with Crippen LogP contribution in [0.4, 0.5) is 5.13 Å². The molecule has 0 saturated heterocycles. The van der Waals surface area contributed by atoms with E-state index < -0.39 is 12.1 Å². The fourth-order valence-electron chi connectivity index (χ4n) is 2.05. The van der Waals surface area contributed by atoms with Crippen molar-refractivity contribution in [1.29, 1.82) is 0 Å². The van der Waals surface area contributed by atoms with Crippen molar-refractivity contribution < 1.29 is 19.1 Å². The highest BCUT2D eigenvalue weighted by atomic mass is 32.1. The lowest BCUT2D eigenvalue weighted by atomic mass is 10.3. The van der Waals surface area contributed by atoms with Crippen molar-refractivity contribution in [2.45, 2.75) is 20.0 Å². The van der Waals surface area contributed by atoms with Crippen molar-refractivity contribution >= 4 is 28.3 Å². The molecule has 0 unspecified atom stereocenters. The van der Waals surface area contributed by atoms with Gasteiger partial charge in [0.2, 0.25) is 0 Å². The number of amides is 1. The molecule has 132 valence electrons. The summed E-state index contributed by atoms with van der Waals surface area (Å²) in [7, 11) is 0. The molecular formula is C18H20N2O4S. The number of benzene rings is 1.